The molecule has 0 radical (unpaired) electrons. The first-order valence-electron chi connectivity index (χ1n) is 6.95. The molecule has 2 aromatic rings. The average Bonchev–Trinajstić information content (AvgIpc) is 2.86. The lowest BCUT2D eigenvalue weighted by Crippen LogP contribution is -2.37. The number of nitrogens with one attached hydrogen (secondary N) is 1. The van der Waals surface area contributed by atoms with Gasteiger partial charge in [-0.3, -0.25) is 4.68 Å². The minimum atomic E-state index is 0.524. The van der Waals surface area contributed by atoms with Gasteiger partial charge in [0.1, 0.15) is 5.82 Å². The van der Waals surface area contributed by atoms with Crippen LogP contribution in [0.25, 0.3) is 0 Å². The van der Waals surface area contributed by atoms with Gasteiger partial charge in [-0.1, -0.05) is 0 Å². The van der Waals surface area contributed by atoms with E-state index >= 15 is 0 Å². The highest BCUT2D eigenvalue weighted by molar-refractivity contribution is 7.09. The van der Waals surface area contributed by atoms with Crippen LogP contribution in [-0.4, -0.2) is 25.2 Å². The molecule has 0 unspecified atom stereocenters. The van der Waals surface area contributed by atoms with Gasteiger partial charge in [-0.05, 0) is 37.7 Å². The highest BCUT2D eigenvalue weighted by Crippen LogP contribution is 2.35. The van der Waals surface area contributed by atoms with Gasteiger partial charge in [0.2, 0.25) is 5.13 Å². The molecular formula is C13H17N5S. The Balaban J connectivity index is 1.29. The molecule has 4 rings (SSSR count). The fourth-order valence-electron chi connectivity index (χ4n) is 2.57. The fraction of sp³-hybridized carbons (Fsp3) is 0.615. The maximum Gasteiger partial charge on any atom is 0.202 e. The van der Waals surface area contributed by atoms with Crippen molar-refractivity contribution < 1.29 is 0 Å². The molecule has 0 saturated heterocycles. The molecule has 2 aliphatic carbocycles. The van der Waals surface area contributed by atoms with Crippen molar-refractivity contribution in [3.8, 4) is 0 Å². The van der Waals surface area contributed by atoms with E-state index in [4.69, 9.17) is 0 Å². The largest absolute Gasteiger partial charge is 0.357 e. The van der Waals surface area contributed by atoms with Crippen LogP contribution in [0.1, 0.15) is 37.5 Å². The van der Waals surface area contributed by atoms with Crippen LogP contribution in [0.3, 0.4) is 0 Å². The van der Waals surface area contributed by atoms with Gasteiger partial charge in [-0.25, -0.2) is 4.98 Å². The zero-order valence-corrected chi connectivity index (χ0v) is 11.5. The predicted octanol–water partition coefficient (Wildman–Crippen LogP) is 2.50. The summed E-state index contributed by atoms with van der Waals surface area (Å²) in [6, 6.07) is 3.05. The Morgan fingerprint density at radius 2 is 2.26 bits per heavy atom. The SMILES string of the molecule is c1cnn(C2CC(Nc3nc(CC4CC4)ns3)C2)c1. The van der Waals surface area contributed by atoms with Gasteiger partial charge < -0.3 is 5.32 Å². The highest BCUT2D eigenvalue weighted by Gasteiger charge is 2.31. The molecule has 0 aliphatic heterocycles. The fourth-order valence-corrected chi connectivity index (χ4v) is 3.24. The third-order valence-corrected chi connectivity index (χ3v) is 4.66. The van der Waals surface area contributed by atoms with Crippen LogP contribution < -0.4 is 5.32 Å². The first-order valence-corrected chi connectivity index (χ1v) is 7.72. The standard InChI is InChI=1S/C13H17N5S/c1-4-14-18(5-1)11-7-10(8-11)15-13-16-12(17-19-13)6-9-2-3-9/h1,4-5,9-11H,2-3,6-8H2,(H,15,16,17). The maximum atomic E-state index is 4.57. The summed E-state index contributed by atoms with van der Waals surface area (Å²) in [5.41, 5.74) is 0. The zero-order chi connectivity index (χ0) is 12.7. The number of hydrogen-bond acceptors (Lipinski definition) is 5. The lowest BCUT2D eigenvalue weighted by atomic mass is 9.87. The van der Waals surface area contributed by atoms with Crippen molar-refractivity contribution in [3.63, 3.8) is 0 Å². The molecule has 0 atom stereocenters. The van der Waals surface area contributed by atoms with Crippen LogP contribution in [0, 0.1) is 5.92 Å². The molecule has 2 aromatic heterocycles. The van der Waals surface area contributed by atoms with Crippen LogP contribution in [0.2, 0.25) is 0 Å². The Labute approximate surface area is 116 Å². The summed E-state index contributed by atoms with van der Waals surface area (Å²) < 4.78 is 6.48. The molecule has 5 nitrogen and oxygen atoms in total. The molecular weight excluding hydrogens is 258 g/mol. The number of aromatic nitrogens is 4. The van der Waals surface area contributed by atoms with Gasteiger partial charge in [-0.2, -0.15) is 9.47 Å². The zero-order valence-electron chi connectivity index (χ0n) is 10.7. The van der Waals surface area contributed by atoms with Crippen LogP contribution in [-0.2, 0) is 6.42 Å². The molecule has 2 saturated carbocycles. The quantitative estimate of drug-likeness (QED) is 0.911. The number of anilines is 1. The molecule has 19 heavy (non-hydrogen) atoms. The van der Waals surface area contributed by atoms with Crippen molar-refractivity contribution in [2.24, 2.45) is 5.92 Å². The summed E-state index contributed by atoms with van der Waals surface area (Å²) in [4.78, 5) is 4.57. The first-order chi connectivity index (χ1) is 9.37. The first kappa shape index (κ1) is 11.4. The van der Waals surface area contributed by atoms with E-state index in [9.17, 15) is 0 Å². The van der Waals surface area contributed by atoms with Crippen LogP contribution in [0.4, 0.5) is 5.13 Å². The summed E-state index contributed by atoms with van der Waals surface area (Å²) in [5.74, 6) is 1.88. The number of rotatable bonds is 5. The Morgan fingerprint density at radius 3 is 3.00 bits per heavy atom. The number of hydrogen-bond donors (Lipinski definition) is 1. The lowest BCUT2D eigenvalue weighted by Gasteiger charge is -2.35. The van der Waals surface area contributed by atoms with Gasteiger partial charge in [0, 0.05) is 36.4 Å². The van der Waals surface area contributed by atoms with Crippen LogP contribution >= 0.6 is 11.5 Å². The van der Waals surface area contributed by atoms with Crippen molar-refractivity contribution in [1.29, 1.82) is 0 Å². The van der Waals surface area contributed by atoms with E-state index in [1.807, 2.05) is 18.5 Å². The second-order valence-electron chi connectivity index (χ2n) is 5.62. The predicted molar refractivity (Wildman–Crippen MR) is 74.2 cm³/mol. The van der Waals surface area contributed by atoms with Gasteiger partial charge in [0.25, 0.3) is 0 Å². The van der Waals surface area contributed by atoms with Crippen molar-refractivity contribution >= 4 is 16.7 Å². The maximum absolute atomic E-state index is 4.57. The summed E-state index contributed by atoms with van der Waals surface area (Å²) in [6.07, 6.45) is 9.92. The van der Waals surface area contributed by atoms with Crippen molar-refractivity contribution in [1.82, 2.24) is 19.1 Å². The van der Waals surface area contributed by atoms with E-state index in [0.29, 0.717) is 12.1 Å². The molecule has 2 aliphatic rings. The Bertz CT molecular complexity index is 539. The van der Waals surface area contributed by atoms with E-state index in [2.05, 4.69) is 24.5 Å². The van der Waals surface area contributed by atoms with E-state index in [1.54, 1.807) is 0 Å². The molecule has 2 heterocycles. The molecule has 0 bridgehead atoms. The van der Waals surface area contributed by atoms with Gasteiger partial charge in [0.05, 0.1) is 6.04 Å². The molecule has 0 spiro atoms. The van der Waals surface area contributed by atoms with Crippen molar-refractivity contribution in [3.05, 3.63) is 24.3 Å². The lowest BCUT2D eigenvalue weighted by molar-refractivity contribution is 0.262. The topological polar surface area (TPSA) is 55.6 Å². The normalized spacial score (nSPS) is 26.1. The van der Waals surface area contributed by atoms with E-state index in [-0.39, 0.29) is 0 Å². The summed E-state index contributed by atoms with van der Waals surface area (Å²) >= 11 is 1.50. The number of nitrogens with zero attached hydrogens (tertiary/aromatic N) is 4. The third kappa shape index (κ3) is 2.49. The Morgan fingerprint density at radius 1 is 1.37 bits per heavy atom. The van der Waals surface area contributed by atoms with Gasteiger partial charge >= 0.3 is 0 Å². The summed E-state index contributed by atoms with van der Waals surface area (Å²) in [5, 5.41) is 8.76. The summed E-state index contributed by atoms with van der Waals surface area (Å²) in [7, 11) is 0. The van der Waals surface area contributed by atoms with Crippen molar-refractivity contribution in [2.45, 2.75) is 44.2 Å². The average molecular weight is 275 g/mol. The molecule has 2 fully saturated rings. The second kappa shape index (κ2) is 4.59. The molecule has 1 N–H and O–H groups in total. The molecule has 100 valence electrons. The Hall–Kier alpha value is -1.43. The van der Waals surface area contributed by atoms with Crippen molar-refractivity contribution in [2.75, 3.05) is 5.32 Å². The molecule has 0 aromatic carbocycles. The highest BCUT2D eigenvalue weighted by atomic mass is 32.1. The minimum absolute atomic E-state index is 0.524. The summed E-state index contributed by atoms with van der Waals surface area (Å²) in [6.45, 7) is 0. The second-order valence-corrected chi connectivity index (χ2v) is 6.37. The van der Waals surface area contributed by atoms with Gasteiger partial charge in [0.15, 0.2) is 0 Å². The van der Waals surface area contributed by atoms with Crippen LogP contribution in [0.5, 0.6) is 0 Å². The smallest absolute Gasteiger partial charge is 0.202 e. The van der Waals surface area contributed by atoms with E-state index < -0.39 is 0 Å². The Kier molecular flexibility index (Phi) is 2.76. The van der Waals surface area contributed by atoms with Crippen LogP contribution in [0.15, 0.2) is 18.5 Å². The minimum Gasteiger partial charge on any atom is -0.357 e. The van der Waals surface area contributed by atoms with Gasteiger partial charge in [-0.15, -0.1) is 0 Å². The third-order valence-electron chi connectivity index (χ3n) is 3.98. The van der Waals surface area contributed by atoms with E-state index in [0.717, 1.165) is 36.1 Å². The molecule has 0 amide bonds. The molecule has 6 heteroatoms. The monoisotopic (exact) mass is 275 g/mol. The van der Waals surface area contributed by atoms with E-state index in [1.165, 1.54) is 24.4 Å².